The van der Waals surface area contributed by atoms with E-state index in [0.29, 0.717) is 13.0 Å². The van der Waals surface area contributed by atoms with E-state index >= 15 is 0 Å². The summed E-state index contributed by atoms with van der Waals surface area (Å²) in [6.45, 7) is 2.99. The highest BCUT2D eigenvalue weighted by atomic mass is 16.2. The van der Waals surface area contributed by atoms with E-state index in [1.54, 1.807) is 11.8 Å². The van der Waals surface area contributed by atoms with Crippen molar-refractivity contribution in [1.82, 2.24) is 10.2 Å². The van der Waals surface area contributed by atoms with Gasteiger partial charge in [-0.15, -0.1) is 0 Å². The molecule has 3 amide bonds. The van der Waals surface area contributed by atoms with Gasteiger partial charge in [-0.05, 0) is 13.3 Å². The van der Waals surface area contributed by atoms with Gasteiger partial charge in [0.2, 0.25) is 17.7 Å². The number of hydrogen-bond acceptors (Lipinski definition) is 4. The average Bonchev–Trinajstić information content (AvgIpc) is 2.63. The number of nitrogens with one attached hydrogen (secondary N) is 1. The van der Waals surface area contributed by atoms with Crippen molar-refractivity contribution in [3.8, 4) is 0 Å². The van der Waals surface area contributed by atoms with Gasteiger partial charge in [-0.3, -0.25) is 14.4 Å². The molecule has 102 valence electrons. The van der Waals surface area contributed by atoms with Crippen LogP contribution in [0.1, 0.15) is 26.2 Å². The first-order valence-corrected chi connectivity index (χ1v) is 6.02. The first-order chi connectivity index (χ1) is 8.40. The first-order valence-electron chi connectivity index (χ1n) is 6.02. The van der Waals surface area contributed by atoms with Crippen LogP contribution in [-0.2, 0) is 14.4 Å². The number of primary amides is 1. The van der Waals surface area contributed by atoms with E-state index in [0.717, 1.165) is 13.0 Å². The maximum atomic E-state index is 11.6. The van der Waals surface area contributed by atoms with Crippen LogP contribution < -0.4 is 16.8 Å². The number of nitrogens with zero attached hydrogens (tertiary/aromatic N) is 1. The van der Waals surface area contributed by atoms with E-state index in [9.17, 15) is 14.4 Å². The summed E-state index contributed by atoms with van der Waals surface area (Å²) in [5.74, 6) is -0.925. The molecule has 7 heteroatoms. The lowest BCUT2D eigenvalue weighted by atomic mass is 10.2. The first kappa shape index (κ1) is 14.4. The van der Waals surface area contributed by atoms with Crippen LogP contribution in [0.25, 0.3) is 0 Å². The van der Waals surface area contributed by atoms with Gasteiger partial charge in [-0.25, -0.2) is 0 Å². The summed E-state index contributed by atoms with van der Waals surface area (Å²) in [6.07, 6.45) is 1.25. The molecular weight excluding hydrogens is 236 g/mol. The van der Waals surface area contributed by atoms with E-state index in [1.807, 2.05) is 0 Å². The molecule has 1 aliphatic rings. The summed E-state index contributed by atoms with van der Waals surface area (Å²) < 4.78 is 0. The van der Waals surface area contributed by atoms with E-state index in [4.69, 9.17) is 11.5 Å². The summed E-state index contributed by atoms with van der Waals surface area (Å²) in [6, 6.07) is -1.13. The van der Waals surface area contributed by atoms with Crippen LogP contribution in [-0.4, -0.2) is 47.8 Å². The minimum absolute atomic E-state index is 0.109. The van der Waals surface area contributed by atoms with Crippen LogP contribution in [0, 0.1) is 0 Å². The Morgan fingerprint density at radius 1 is 1.50 bits per heavy atom. The summed E-state index contributed by atoms with van der Waals surface area (Å²) in [5.41, 5.74) is 10.5. The second-order valence-corrected chi connectivity index (χ2v) is 4.63. The monoisotopic (exact) mass is 256 g/mol. The minimum atomic E-state index is -0.931. The molecule has 0 radical (unpaired) electrons. The fourth-order valence-electron chi connectivity index (χ4n) is 1.93. The summed E-state index contributed by atoms with van der Waals surface area (Å²) >= 11 is 0. The van der Waals surface area contributed by atoms with Crippen molar-refractivity contribution < 1.29 is 14.4 Å². The molecule has 0 aromatic rings. The Kier molecular flexibility index (Phi) is 5.08. The van der Waals surface area contributed by atoms with Crippen molar-refractivity contribution >= 4 is 17.7 Å². The lowest BCUT2D eigenvalue weighted by Crippen LogP contribution is -2.49. The van der Waals surface area contributed by atoms with E-state index in [1.165, 1.54) is 0 Å². The van der Waals surface area contributed by atoms with Crippen LogP contribution in [0.5, 0.6) is 0 Å². The highest BCUT2D eigenvalue weighted by Gasteiger charge is 2.23. The maximum Gasteiger partial charge on any atom is 0.237 e. The Balaban J connectivity index is 2.34. The van der Waals surface area contributed by atoms with Crippen molar-refractivity contribution in [2.75, 3.05) is 13.1 Å². The van der Waals surface area contributed by atoms with Crippen molar-refractivity contribution in [2.24, 2.45) is 11.5 Å². The van der Waals surface area contributed by atoms with Gasteiger partial charge < -0.3 is 21.7 Å². The van der Waals surface area contributed by atoms with Crippen molar-refractivity contribution in [1.29, 1.82) is 0 Å². The Hall–Kier alpha value is -1.63. The van der Waals surface area contributed by atoms with Gasteiger partial charge in [-0.1, -0.05) is 0 Å². The average molecular weight is 256 g/mol. The van der Waals surface area contributed by atoms with Gasteiger partial charge >= 0.3 is 0 Å². The third-order valence-electron chi connectivity index (χ3n) is 2.81. The number of likely N-dealkylation sites (tertiary alicyclic amines) is 1. The van der Waals surface area contributed by atoms with Crippen molar-refractivity contribution in [2.45, 2.75) is 38.3 Å². The number of carbonyl (C=O) groups excluding carboxylic acids is 3. The van der Waals surface area contributed by atoms with Gasteiger partial charge in [0.05, 0.1) is 12.5 Å². The largest absolute Gasteiger partial charge is 0.370 e. The van der Waals surface area contributed by atoms with E-state index in [-0.39, 0.29) is 18.4 Å². The third kappa shape index (κ3) is 4.33. The number of rotatable bonds is 6. The number of amides is 3. The van der Waals surface area contributed by atoms with Crippen molar-refractivity contribution in [3.63, 3.8) is 0 Å². The topological polar surface area (TPSA) is 119 Å². The Morgan fingerprint density at radius 3 is 2.67 bits per heavy atom. The van der Waals surface area contributed by atoms with Crippen LogP contribution in [0.2, 0.25) is 0 Å². The van der Waals surface area contributed by atoms with Crippen molar-refractivity contribution in [3.05, 3.63) is 0 Å². The maximum absolute atomic E-state index is 11.6. The fraction of sp³-hybridized carbons (Fsp3) is 0.727. The zero-order valence-electron chi connectivity index (χ0n) is 10.5. The van der Waals surface area contributed by atoms with Gasteiger partial charge in [0.1, 0.15) is 0 Å². The number of nitrogens with two attached hydrogens (primary N) is 2. The van der Waals surface area contributed by atoms with Crippen LogP contribution in [0.4, 0.5) is 0 Å². The van der Waals surface area contributed by atoms with E-state index < -0.39 is 17.9 Å². The van der Waals surface area contributed by atoms with Crippen LogP contribution in [0.15, 0.2) is 0 Å². The van der Waals surface area contributed by atoms with Crippen LogP contribution >= 0.6 is 0 Å². The zero-order valence-corrected chi connectivity index (χ0v) is 10.5. The molecule has 2 atom stereocenters. The summed E-state index contributed by atoms with van der Waals surface area (Å²) in [7, 11) is 0. The highest BCUT2D eigenvalue weighted by molar-refractivity contribution is 5.87. The standard InChI is InChI=1S/C11H20N4O3/c1-7(6-15-4-2-3-10(15)17)14-11(18)8(12)5-9(13)16/h7-8H,2-6,12H2,1H3,(H2,13,16)(H,14,18). The minimum Gasteiger partial charge on any atom is -0.370 e. The molecule has 0 bridgehead atoms. The van der Waals surface area contributed by atoms with Gasteiger partial charge in [-0.2, -0.15) is 0 Å². The smallest absolute Gasteiger partial charge is 0.237 e. The molecule has 0 aliphatic carbocycles. The molecule has 1 aliphatic heterocycles. The molecule has 2 unspecified atom stereocenters. The molecule has 0 spiro atoms. The van der Waals surface area contributed by atoms with E-state index in [2.05, 4.69) is 5.32 Å². The molecular formula is C11H20N4O3. The second-order valence-electron chi connectivity index (χ2n) is 4.63. The number of carbonyl (C=O) groups is 3. The molecule has 5 N–H and O–H groups in total. The molecule has 0 saturated carbocycles. The molecule has 1 saturated heterocycles. The highest BCUT2D eigenvalue weighted by Crippen LogP contribution is 2.09. The molecule has 1 fully saturated rings. The summed E-state index contributed by atoms with van der Waals surface area (Å²) in [5, 5.41) is 2.67. The van der Waals surface area contributed by atoms with Gasteiger partial charge in [0.25, 0.3) is 0 Å². The third-order valence-corrected chi connectivity index (χ3v) is 2.81. The van der Waals surface area contributed by atoms with Crippen LogP contribution in [0.3, 0.4) is 0 Å². The zero-order chi connectivity index (χ0) is 13.7. The number of hydrogen-bond donors (Lipinski definition) is 3. The molecule has 1 heterocycles. The molecule has 7 nitrogen and oxygen atoms in total. The fourth-order valence-corrected chi connectivity index (χ4v) is 1.93. The predicted octanol–water partition coefficient (Wildman–Crippen LogP) is -1.68. The normalized spacial score (nSPS) is 18.6. The predicted molar refractivity (Wildman–Crippen MR) is 65.2 cm³/mol. The quantitative estimate of drug-likeness (QED) is 0.525. The van der Waals surface area contributed by atoms with Gasteiger partial charge in [0, 0.05) is 25.6 Å². The molecule has 0 aromatic heterocycles. The SMILES string of the molecule is CC(CN1CCCC1=O)NC(=O)C(N)CC(N)=O. The molecule has 0 aromatic carbocycles. The Bertz CT molecular complexity index is 345. The lowest BCUT2D eigenvalue weighted by molar-refractivity contribution is -0.129. The van der Waals surface area contributed by atoms with Gasteiger partial charge in [0.15, 0.2) is 0 Å². The molecule has 1 rings (SSSR count). The summed E-state index contributed by atoms with van der Waals surface area (Å²) in [4.78, 5) is 35.3. The molecule has 18 heavy (non-hydrogen) atoms. The Morgan fingerprint density at radius 2 is 2.17 bits per heavy atom. The lowest BCUT2D eigenvalue weighted by Gasteiger charge is -2.22. The second kappa shape index (κ2) is 6.34. The Labute approximate surface area is 106 Å².